The molecule has 1 heterocycles. The SMILES string of the molecule is CNC[C@H]1CCCN(C)C1. The first kappa shape index (κ1) is 8.02. The van der Waals surface area contributed by atoms with Crippen LogP contribution in [0.25, 0.3) is 0 Å². The second kappa shape index (κ2) is 3.94. The van der Waals surface area contributed by atoms with Crippen LogP contribution in [0.3, 0.4) is 0 Å². The molecule has 0 aliphatic carbocycles. The number of piperidine rings is 1. The fourth-order valence-electron chi connectivity index (χ4n) is 1.73. The number of hydrogen-bond donors (Lipinski definition) is 1. The molecule has 2 nitrogen and oxygen atoms in total. The van der Waals surface area contributed by atoms with E-state index in [4.69, 9.17) is 0 Å². The van der Waals surface area contributed by atoms with Crippen LogP contribution in [0, 0.1) is 5.92 Å². The molecule has 1 rings (SSSR count). The predicted octanol–water partition coefficient (Wildman–Crippen LogP) is 0.548. The first-order chi connectivity index (χ1) is 4.83. The maximum Gasteiger partial charge on any atom is 0.00187 e. The second-order valence-corrected chi connectivity index (χ2v) is 3.33. The molecular formula is C8H18N2. The molecule has 0 saturated carbocycles. The summed E-state index contributed by atoms with van der Waals surface area (Å²) in [5.74, 6) is 0.892. The highest BCUT2D eigenvalue weighted by molar-refractivity contribution is 4.71. The Morgan fingerprint density at radius 2 is 2.40 bits per heavy atom. The molecule has 1 atom stereocenters. The predicted molar refractivity (Wildman–Crippen MR) is 44.1 cm³/mol. The van der Waals surface area contributed by atoms with Gasteiger partial charge >= 0.3 is 0 Å². The van der Waals surface area contributed by atoms with Crippen molar-refractivity contribution >= 4 is 0 Å². The van der Waals surface area contributed by atoms with Crippen LogP contribution >= 0.6 is 0 Å². The highest BCUT2D eigenvalue weighted by atomic mass is 15.1. The molecule has 0 aromatic rings. The number of rotatable bonds is 2. The van der Waals surface area contributed by atoms with Crippen molar-refractivity contribution in [3.8, 4) is 0 Å². The maximum absolute atomic E-state index is 3.23. The topological polar surface area (TPSA) is 15.3 Å². The van der Waals surface area contributed by atoms with E-state index in [1.54, 1.807) is 0 Å². The average molecular weight is 142 g/mol. The average Bonchev–Trinajstić information content (AvgIpc) is 1.88. The third kappa shape index (κ3) is 2.27. The third-order valence-electron chi connectivity index (χ3n) is 2.21. The van der Waals surface area contributed by atoms with Crippen molar-refractivity contribution < 1.29 is 0 Å². The van der Waals surface area contributed by atoms with Crippen molar-refractivity contribution in [2.24, 2.45) is 5.92 Å². The molecule has 0 aromatic carbocycles. The minimum Gasteiger partial charge on any atom is -0.319 e. The van der Waals surface area contributed by atoms with E-state index >= 15 is 0 Å². The molecular weight excluding hydrogens is 124 g/mol. The molecule has 1 aliphatic heterocycles. The second-order valence-electron chi connectivity index (χ2n) is 3.33. The van der Waals surface area contributed by atoms with Gasteiger partial charge in [-0.05, 0) is 45.9 Å². The van der Waals surface area contributed by atoms with Gasteiger partial charge in [0.2, 0.25) is 0 Å². The maximum atomic E-state index is 3.23. The van der Waals surface area contributed by atoms with Crippen LogP contribution in [0.1, 0.15) is 12.8 Å². The smallest absolute Gasteiger partial charge is 0.00187 e. The Kier molecular flexibility index (Phi) is 3.16. The zero-order chi connectivity index (χ0) is 7.40. The molecule has 60 valence electrons. The van der Waals surface area contributed by atoms with Crippen LogP contribution in [0.4, 0.5) is 0 Å². The van der Waals surface area contributed by atoms with Gasteiger partial charge in [-0.15, -0.1) is 0 Å². The summed E-state index contributed by atoms with van der Waals surface area (Å²) in [6, 6.07) is 0. The Morgan fingerprint density at radius 1 is 1.60 bits per heavy atom. The summed E-state index contributed by atoms with van der Waals surface area (Å²) in [4.78, 5) is 2.42. The van der Waals surface area contributed by atoms with Gasteiger partial charge in [-0.2, -0.15) is 0 Å². The Hall–Kier alpha value is -0.0800. The monoisotopic (exact) mass is 142 g/mol. The van der Waals surface area contributed by atoms with Crippen LogP contribution < -0.4 is 5.32 Å². The molecule has 0 bridgehead atoms. The van der Waals surface area contributed by atoms with Crippen molar-refractivity contribution in [2.45, 2.75) is 12.8 Å². The summed E-state index contributed by atoms with van der Waals surface area (Å²) in [5.41, 5.74) is 0. The molecule has 0 unspecified atom stereocenters. The lowest BCUT2D eigenvalue weighted by Gasteiger charge is -2.29. The van der Waals surface area contributed by atoms with Gasteiger partial charge in [-0.1, -0.05) is 0 Å². The summed E-state index contributed by atoms with van der Waals surface area (Å²) in [6.45, 7) is 3.76. The van der Waals surface area contributed by atoms with E-state index in [1.165, 1.54) is 32.5 Å². The molecule has 1 saturated heterocycles. The third-order valence-corrected chi connectivity index (χ3v) is 2.21. The lowest BCUT2D eigenvalue weighted by molar-refractivity contribution is 0.208. The number of likely N-dealkylation sites (tertiary alicyclic amines) is 1. The molecule has 2 heteroatoms. The van der Waals surface area contributed by atoms with E-state index in [0.29, 0.717) is 0 Å². The summed E-state index contributed by atoms with van der Waals surface area (Å²) < 4.78 is 0. The molecule has 0 amide bonds. The van der Waals surface area contributed by atoms with E-state index in [9.17, 15) is 0 Å². The van der Waals surface area contributed by atoms with Gasteiger partial charge in [0.25, 0.3) is 0 Å². The van der Waals surface area contributed by atoms with Gasteiger partial charge in [0.15, 0.2) is 0 Å². The standard InChI is InChI=1S/C8H18N2/c1-9-6-8-4-3-5-10(2)7-8/h8-9H,3-7H2,1-2H3/t8-/m1/s1. The number of nitrogens with one attached hydrogen (secondary N) is 1. The van der Waals surface area contributed by atoms with E-state index < -0.39 is 0 Å². The Labute approximate surface area is 63.6 Å². The van der Waals surface area contributed by atoms with Gasteiger partial charge in [0.1, 0.15) is 0 Å². The summed E-state index contributed by atoms with van der Waals surface area (Å²) >= 11 is 0. The zero-order valence-electron chi connectivity index (χ0n) is 7.06. The van der Waals surface area contributed by atoms with Crippen molar-refractivity contribution in [2.75, 3.05) is 33.7 Å². The van der Waals surface area contributed by atoms with Gasteiger partial charge in [-0.3, -0.25) is 0 Å². The highest BCUT2D eigenvalue weighted by Crippen LogP contribution is 2.13. The largest absolute Gasteiger partial charge is 0.319 e. The van der Waals surface area contributed by atoms with E-state index in [1.807, 2.05) is 7.05 Å². The van der Waals surface area contributed by atoms with Crippen molar-refractivity contribution in [3.05, 3.63) is 0 Å². The van der Waals surface area contributed by atoms with E-state index in [0.717, 1.165) is 5.92 Å². The summed E-state index contributed by atoms with van der Waals surface area (Å²) in [7, 11) is 4.25. The van der Waals surface area contributed by atoms with E-state index in [2.05, 4.69) is 17.3 Å². The van der Waals surface area contributed by atoms with Crippen molar-refractivity contribution in [1.29, 1.82) is 0 Å². The summed E-state index contributed by atoms with van der Waals surface area (Å²) in [5, 5.41) is 3.23. The molecule has 0 aromatic heterocycles. The van der Waals surface area contributed by atoms with Crippen LogP contribution in [0.2, 0.25) is 0 Å². The van der Waals surface area contributed by atoms with Gasteiger partial charge < -0.3 is 10.2 Å². The Balaban J connectivity index is 2.18. The Morgan fingerprint density at radius 3 is 3.00 bits per heavy atom. The number of hydrogen-bond acceptors (Lipinski definition) is 2. The molecule has 0 spiro atoms. The van der Waals surface area contributed by atoms with Gasteiger partial charge in [0, 0.05) is 6.54 Å². The van der Waals surface area contributed by atoms with Gasteiger partial charge in [-0.25, -0.2) is 0 Å². The van der Waals surface area contributed by atoms with Crippen LogP contribution in [0.5, 0.6) is 0 Å². The normalized spacial score (nSPS) is 28.8. The molecule has 10 heavy (non-hydrogen) atoms. The van der Waals surface area contributed by atoms with Crippen LogP contribution in [-0.2, 0) is 0 Å². The van der Waals surface area contributed by atoms with Crippen molar-refractivity contribution in [1.82, 2.24) is 10.2 Å². The lowest BCUT2D eigenvalue weighted by atomic mass is 9.99. The molecule has 1 aliphatic rings. The zero-order valence-corrected chi connectivity index (χ0v) is 7.06. The quantitative estimate of drug-likeness (QED) is 0.605. The molecule has 0 radical (unpaired) electrons. The highest BCUT2D eigenvalue weighted by Gasteiger charge is 2.15. The van der Waals surface area contributed by atoms with Crippen molar-refractivity contribution in [3.63, 3.8) is 0 Å². The number of nitrogens with zero attached hydrogens (tertiary/aromatic N) is 1. The van der Waals surface area contributed by atoms with E-state index in [-0.39, 0.29) is 0 Å². The lowest BCUT2D eigenvalue weighted by Crippen LogP contribution is -2.36. The minimum absolute atomic E-state index is 0.892. The fraction of sp³-hybridized carbons (Fsp3) is 1.00. The van der Waals surface area contributed by atoms with Crippen LogP contribution in [0.15, 0.2) is 0 Å². The van der Waals surface area contributed by atoms with Gasteiger partial charge in [0.05, 0.1) is 0 Å². The fourth-order valence-corrected chi connectivity index (χ4v) is 1.73. The molecule has 1 N–H and O–H groups in total. The Bertz CT molecular complexity index is 91.3. The summed E-state index contributed by atoms with van der Waals surface area (Å²) in [6.07, 6.45) is 2.79. The molecule has 1 fully saturated rings. The first-order valence-corrected chi connectivity index (χ1v) is 4.16. The first-order valence-electron chi connectivity index (χ1n) is 4.16. The minimum atomic E-state index is 0.892. The van der Waals surface area contributed by atoms with Crippen LogP contribution in [-0.4, -0.2) is 38.6 Å².